The first kappa shape index (κ1) is 19.0. The normalized spacial score (nSPS) is 14.6. The van der Waals surface area contributed by atoms with Crippen LogP contribution in [-0.4, -0.2) is 54.9 Å². The minimum atomic E-state index is 0.109. The zero-order valence-corrected chi connectivity index (χ0v) is 15.8. The third kappa shape index (κ3) is 5.33. The number of hydrogen-bond donors (Lipinski definition) is 0. The molecule has 2 amide bonds. The Morgan fingerprint density at radius 1 is 0.778 bits per heavy atom. The predicted molar refractivity (Wildman–Crippen MR) is 105 cm³/mol. The SMILES string of the molecule is COc1ccc(CC(=O)N2CCCN(C(=O)Cc3ccccc3)CC2)cc1. The highest BCUT2D eigenvalue weighted by molar-refractivity contribution is 5.80. The van der Waals surface area contributed by atoms with Crippen molar-refractivity contribution in [3.05, 3.63) is 65.7 Å². The molecule has 1 saturated heterocycles. The van der Waals surface area contributed by atoms with Crippen LogP contribution in [0.1, 0.15) is 17.5 Å². The molecule has 0 unspecified atom stereocenters. The van der Waals surface area contributed by atoms with E-state index in [1.54, 1.807) is 7.11 Å². The molecule has 3 rings (SSSR count). The second-order valence-corrected chi connectivity index (χ2v) is 6.80. The summed E-state index contributed by atoms with van der Waals surface area (Å²) >= 11 is 0. The van der Waals surface area contributed by atoms with Gasteiger partial charge >= 0.3 is 0 Å². The first-order chi connectivity index (χ1) is 13.2. The number of methoxy groups -OCH3 is 1. The van der Waals surface area contributed by atoms with Gasteiger partial charge in [0.1, 0.15) is 5.75 Å². The highest BCUT2D eigenvalue weighted by Gasteiger charge is 2.22. The van der Waals surface area contributed by atoms with E-state index in [9.17, 15) is 9.59 Å². The van der Waals surface area contributed by atoms with Gasteiger partial charge in [-0.1, -0.05) is 42.5 Å². The summed E-state index contributed by atoms with van der Waals surface area (Å²) in [5, 5.41) is 0. The summed E-state index contributed by atoms with van der Waals surface area (Å²) < 4.78 is 5.15. The van der Waals surface area contributed by atoms with Gasteiger partial charge in [-0.2, -0.15) is 0 Å². The van der Waals surface area contributed by atoms with Gasteiger partial charge in [0.2, 0.25) is 11.8 Å². The lowest BCUT2D eigenvalue weighted by Gasteiger charge is -2.22. The molecule has 5 heteroatoms. The maximum Gasteiger partial charge on any atom is 0.227 e. The van der Waals surface area contributed by atoms with Crippen LogP contribution in [0, 0.1) is 0 Å². The van der Waals surface area contributed by atoms with Crippen LogP contribution >= 0.6 is 0 Å². The van der Waals surface area contributed by atoms with Crippen LogP contribution in [0.2, 0.25) is 0 Å². The van der Waals surface area contributed by atoms with Crippen molar-refractivity contribution in [3.8, 4) is 5.75 Å². The minimum absolute atomic E-state index is 0.109. The molecule has 1 aliphatic rings. The molecule has 0 radical (unpaired) electrons. The highest BCUT2D eigenvalue weighted by Crippen LogP contribution is 2.14. The summed E-state index contributed by atoms with van der Waals surface area (Å²) in [5.41, 5.74) is 2.00. The predicted octanol–water partition coefficient (Wildman–Crippen LogP) is 2.54. The third-order valence-electron chi connectivity index (χ3n) is 4.91. The van der Waals surface area contributed by atoms with Crippen molar-refractivity contribution in [2.45, 2.75) is 19.3 Å². The zero-order chi connectivity index (χ0) is 19.1. The van der Waals surface area contributed by atoms with E-state index < -0.39 is 0 Å². The Kier molecular flexibility index (Phi) is 6.47. The van der Waals surface area contributed by atoms with E-state index in [1.807, 2.05) is 64.4 Å². The summed E-state index contributed by atoms with van der Waals surface area (Å²) in [6, 6.07) is 17.4. The number of carbonyl (C=O) groups excluding carboxylic acids is 2. The minimum Gasteiger partial charge on any atom is -0.497 e. The molecule has 2 aromatic rings. The smallest absolute Gasteiger partial charge is 0.227 e. The Morgan fingerprint density at radius 2 is 1.30 bits per heavy atom. The van der Waals surface area contributed by atoms with Crippen LogP contribution in [0.5, 0.6) is 5.75 Å². The van der Waals surface area contributed by atoms with E-state index >= 15 is 0 Å². The maximum atomic E-state index is 12.6. The lowest BCUT2D eigenvalue weighted by Crippen LogP contribution is -2.38. The quantitative estimate of drug-likeness (QED) is 0.817. The summed E-state index contributed by atoms with van der Waals surface area (Å²) in [6.07, 6.45) is 1.61. The largest absolute Gasteiger partial charge is 0.497 e. The lowest BCUT2D eigenvalue weighted by atomic mass is 10.1. The second-order valence-electron chi connectivity index (χ2n) is 6.80. The summed E-state index contributed by atoms with van der Waals surface area (Å²) in [6.45, 7) is 2.59. The number of benzene rings is 2. The maximum absolute atomic E-state index is 12.6. The van der Waals surface area contributed by atoms with E-state index in [1.165, 1.54) is 0 Å². The molecule has 5 nitrogen and oxygen atoms in total. The monoisotopic (exact) mass is 366 g/mol. The third-order valence-corrected chi connectivity index (χ3v) is 4.91. The number of ether oxygens (including phenoxy) is 1. The summed E-state index contributed by atoms with van der Waals surface area (Å²) in [4.78, 5) is 29.0. The molecule has 142 valence electrons. The van der Waals surface area contributed by atoms with Crippen molar-refractivity contribution in [3.63, 3.8) is 0 Å². The standard InChI is InChI=1S/C22H26N2O3/c1-27-20-10-8-19(9-11-20)17-22(26)24-13-5-12-23(14-15-24)21(25)16-18-6-3-2-4-7-18/h2-4,6-11H,5,12-17H2,1H3. The van der Waals surface area contributed by atoms with E-state index in [0.29, 0.717) is 39.0 Å². The fourth-order valence-electron chi connectivity index (χ4n) is 3.33. The van der Waals surface area contributed by atoms with Crippen molar-refractivity contribution in [2.24, 2.45) is 0 Å². The Balaban J connectivity index is 1.52. The summed E-state index contributed by atoms with van der Waals surface area (Å²) in [5.74, 6) is 1.02. The average Bonchev–Trinajstić information content (AvgIpc) is 2.96. The molecule has 0 aliphatic carbocycles. The number of nitrogens with zero attached hydrogens (tertiary/aromatic N) is 2. The molecule has 1 fully saturated rings. The van der Waals surface area contributed by atoms with Crippen molar-refractivity contribution in [1.29, 1.82) is 0 Å². The highest BCUT2D eigenvalue weighted by atomic mass is 16.5. The van der Waals surface area contributed by atoms with Crippen LogP contribution in [0.25, 0.3) is 0 Å². The van der Waals surface area contributed by atoms with Gasteiger partial charge in [0.25, 0.3) is 0 Å². The van der Waals surface area contributed by atoms with Gasteiger partial charge in [0, 0.05) is 26.2 Å². The molecule has 0 saturated carbocycles. The van der Waals surface area contributed by atoms with Crippen LogP contribution in [0.15, 0.2) is 54.6 Å². The summed E-state index contributed by atoms with van der Waals surface area (Å²) in [7, 11) is 1.63. The lowest BCUT2D eigenvalue weighted by molar-refractivity contribution is -0.132. The number of rotatable bonds is 5. The van der Waals surface area contributed by atoms with Gasteiger partial charge in [-0.3, -0.25) is 9.59 Å². The second kappa shape index (κ2) is 9.21. The zero-order valence-electron chi connectivity index (χ0n) is 15.8. The van der Waals surface area contributed by atoms with Gasteiger partial charge in [-0.25, -0.2) is 0 Å². The van der Waals surface area contributed by atoms with Gasteiger partial charge in [0.15, 0.2) is 0 Å². The van der Waals surface area contributed by atoms with Crippen LogP contribution in [-0.2, 0) is 22.4 Å². The van der Waals surface area contributed by atoms with Gasteiger partial charge < -0.3 is 14.5 Å². The number of amides is 2. The Hall–Kier alpha value is -2.82. The van der Waals surface area contributed by atoms with E-state index in [0.717, 1.165) is 23.3 Å². The molecule has 0 bridgehead atoms. The van der Waals surface area contributed by atoms with Gasteiger partial charge in [0.05, 0.1) is 20.0 Å². The van der Waals surface area contributed by atoms with E-state index in [4.69, 9.17) is 4.74 Å². The fourth-order valence-corrected chi connectivity index (χ4v) is 3.33. The van der Waals surface area contributed by atoms with Gasteiger partial charge in [-0.15, -0.1) is 0 Å². The Bertz CT molecular complexity index is 759. The Morgan fingerprint density at radius 3 is 1.81 bits per heavy atom. The van der Waals surface area contributed by atoms with Crippen LogP contribution in [0.3, 0.4) is 0 Å². The molecule has 1 heterocycles. The molecule has 27 heavy (non-hydrogen) atoms. The van der Waals surface area contributed by atoms with Crippen molar-refractivity contribution < 1.29 is 14.3 Å². The van der Waals surface area contributed by atoms with E-state index in [2.05, 4.69) is 0 Å². The first-order valence-electron chi connectivity index (χ1n) is 9.38. The number of hydrogen-bond acceptors (Lipinski definition) is 3. The molecule has 0 atom stereocenters. The Labute approximate surface area is 160 Å². The van der Waals surface area contributed by atoms with Gasteiger partial charge in [-0.05, 0) is 29.7 Å². The average molecular weight is 366 g/mol. The molecular formula is C22H26N2O3. The van der Waals surface area contributed by atoms with Crippen molar-refractivity contribution in [1.82, 2.24) is 9.80 Å². The van der Waals surface area contributed by atoms with Crippen LogP contribution in [0.4, 0.5) is 0 Å². The molecule has 2 aromatic carbocycles. The number of carbonyl (C=O) groups is 2. The van der Waals surface area contributed by atoms with Crippen molar-refractivity contribution >= 4 is 11.8 Å². The topological polar surface area (TPSA) is 49.9 Å². The molecule has 0 N–H and O–H groups in total. The first-order valence-corrected chi connectivity index (χ1v) is 9.38. The fraction of sp³-hybridized carbons (Fsp3) is 0.364. The molecular weight excluding hydrogens is 340 g/mol. The van der Waals surface area contributed by atoms with Crippen LogP contribution < -0.4 is 4.74 Å². The van der Waals surface area contributed by atoms with E-state index in [-0.39, 0.29) is 11.8 Å². The molecule has 1 aliphatic heterocycles. The molecule has 0 spiro atoms. The van der Waals surface area contributed by atoms with Crippen molar-refractivity contribution in [2.75, 3.05) is 33.3 Å². The molecule has 0 aromatic heterocycles.